The molecule has 0 aliphatic carbocycles. The van der Waals surface area contributed by atoms with E-state index in [1.165, 1.54) is 11.9 Å². The molecule has 2 N–H and O–H groups in total. The van der Waals surface area contributed by atoms with Gasteiger partial charge in [0.25, 0.3) is 0 Å². The van der Waals surface area contributed by atoms with Gasteiger partial charge in [-0.25, -0.2) is 15.0 Å². The lowest BCUT2D eigenvalue weighted by molar-refractivity contribution is -0.120. The fourth-order valence-corrected chi connectivity index (χ4v) is 3.55. The van der Waals surface area contributed by atoms with Crippen molar-refractivity contribution in [2.24, 2.45) is 0 Å². The van der Waals surface area contributed by atoms with Crippen molar-refractivity contribution in [2.75, 3.05) is 5.73 Å². The molecule has 2 aromatic heterocycles. The molecule has 0 saturated carbocycles. The monoisotopic (exact) mass is 351 g/mol. The number of fused-ring (bicyclic) bond motifs is 1. The fraction of sp³-hybridized carbons (Fsp3) is 0.400. The van der Waals surface area contributed by atoms with E-state index in [2.05, 4.69) is 46.1 Å². The van der Waals surface area contributed by atoms with Gasteiger partial charge in [0.15, 0.2) is 17.2 Å². The minimum absolute atomic E-state index is 0.102. The summed E-state index contributed by atoms with van der Waals surface area (Å²) in [6.45, 7) is 3.82. The molecule has 2 heterocycles. The van der Waals surface area contributed by atoms with Crippen LogP contribution in [0.5, 0.6) is 0 Å². The van der Waals surface area contributed by atoms with Crippen LogP contribution in [0, 0.1) is 0 Å². The number of nitrogens with two attached hydrogens (primary N) is 1. The molecule has 0 aliphatic rings. The van der Waals surface area contributed by atoms with Crippen LogP contribution in [0.25, 0.3) is 11.2 Å². The third kappa shape index (κ3) is 3.74. The van der Waals surface area contributed by atoms with E-state index in [-0.39, 0.29) is 11.8 Å². The summed E-state index contributed by atoms with van der Waals surface area (Å²) in [5.74, 6) is 0.881. The van der Waals surface area contributed by atoms with Gasteiger partial charge >= 0.3 is 0 Å². The first-order chi connectivity index (χ1) is 12.6. The maximum atomic E-state index is 12.4. The molecule has 3 rings (SSSR count). The summed E-state index contributed by atoms with van der Waals surface area (Å²) in [5, 5.41) is 0. The highest BCUT2D eigenvalue weighted by atomic mass is 16.1. The van der Waals surface area contributed by atoms with Gasteiger partial charge in [-0.05, 0) is 37.7 Å². The molecule has 1 aromatic carbocycles. The van der Waals surface area contributed by atoms with Gasteiger partial charge in [0, 0.05) is 0 Å². The van der Waals surface area contributed by atoms with E-state index in [1.54, 1.807) is 13.3 Å². The molecule has 2 atom stereocenters. The SMILES string of the molecule is CCCC(CCC(C(C)=O)n1cnc2c(N)ncnc21)c1ccccc1. The van der Waals surface area contributed by atoms with Crippen molar-refractivity contribution >= 4 is 22.8 Å². The number of rotatable bonds is 8. The zero-order valence-corrected chi connectivity index (χ0v) is 15.3. The number of anilines is 1. The molecule has 26 heavy (non-hydrogen) atoms. The Labute approximate surface area is 153 Å². The standard InChI is InChI=1S/C20H25N5O/c1-3-7-15(16-8-5-4-6-9-16)10-11-17(14(2)26)25-13-24-18-19(21)22-12-23-20(18)25/h4-6,8-9,12-13,15,17H,3,7,10-11H2,1-2H3,(H2,21,22,23). The van der Waals surface area contributed by atoms with E-state index in [0.717, 1.165) is 25.7 Å². The highest BCUT2D eigenvalue weighted by molar-refractivity contribution is 5.85. The molecular formula is C20H25N5O. The van der Waals surface area contributed by atoms with Crippen molar-refractivity contribution < 1.29 is 4.79 Å². The van der Waals surface area contributed by atoms with Gasteiger partial charge in [-0.2, -0.15) is 0 Å². The van der Waals surface area contributed by atoms with Crippen LogP contribution in [0.2, 0.25) is 0 Å². The van der Waals surface area contributed by atoms with Crippen molar-refractivity contribution in [3.63, 3.8) is 0 Å². The molecule has 6 heteroatoms. The van der Waals surface area contributed by atoms with E-state index in [9.17, 15) is 4.79 Å². The van der Waals surface area contributed by atoms with Crippen molar-refractivity contribution in [3.05, 3.63) is 48.5 Å². The number of benzene rings is 1. The maximum Gasteiger partial charge on any atom is 0.166 e. The topological polar surface area (TPSA) is 86.7 Å². The minimum atomic E-state index is -0.294. The summed E-state index contributed by atoms with van der Waals surface area (Å²) in [5.41, 5.74) is 8.37. The Morgan fingerprint density at radius 1 is 1.12 bits per heavy atom. The average Bonchev–Trinajstić information content (AvgIpc) is 3.07. The van der Waals surface area contributed by atoms with E-state index in [0.29, 0.717) is 22.9 Å². The summed E-state index contributed by atoms with van der Waals surface area (Å²) in [6, 6.07) is 10.2. The number of aromatic nitrogens is 4. The highest BCUT2D eigenvalue weighted by Gasteiger charge is 2.22. The number of carbonyl (C=O) groups excluding carboxylic acids is 1. The number of imidazole rings is 1. The van der Waals surface area contributed by atoms with Crippen LogP contribution in [-0.4, -0.2) is 25.3 Å². The largest absolute Gasteiger partial charge is 0.382 e. The molecule has 0 amide bonds. The molecule has 2 unspecified atom stereocenters. The van der Waals surface area contributed by atoms with Crippen molar-refractivity contribution in [3.8, 4) is 0 Å². The van der Waals surface area contributed by atoms with Gasteiger partial charge in [0.1, 0.15) is 11.8 Å². The van der Waals surface area contributed by atoms with Crippen molar-refractivity contribution in [1.82, 2.24) is 19.5 Å². The normalized spacial score (nSPS) is 13.6. The summed E-state index contributed by atoms with van der Waals surface area (Å²) in [7, 11) is 0. The van der Waals surface area contributed by atoms with Crippen LogP contribution < -0.4 is 5.73 Å². The van der Waals surface area contributed by atoms with Crippen LogP contribution in [0.1, 0.15) is 57.1 Å². The van der Waals surface area contributed by atoms with Gasteiger partial charge in [-0.3, -0.25) is 4.79 Å². The van der Waals surface area contributed by atoms with Gasteiger partial charge in [-0.1, -0.05) is 43.7 Å². The van der Waals surface area contributed by atoms with Crippen molar-refractivity contribution in [1.29, 1.82) is 0 Å². The number of hydrogen-bond donors (Lipinski definition) is 1. The van der Waals surface area contributed by atoms with Gasteiger partial charge in [0.05, 0.1) is 12.4 Å². The molecule has 3 aromatic rings. The van der Waals surface area contributed by atoms with Gasteiger partial charge in [0.2, 0.25) is 0 Å². The molecule has 6 nitrogen and oxygen atoms in total. The summed E-state index contributed by atoms with van der Waals surface area (Å²) in [6.07, 6.45) is 6.96. The summed E-state index contributed by atoms with van der Waals surface area (Å²) in [4.78, 5) is 24.9. The second-order valence-electron chi connectivity index (χ2n) is 6.68. The Morgan fingerprint density at radius 3 is 2.58 bits per heavy atom. The third-order valence-corrected chi connectivity index (χ3v) is 4.89. The number of Topliss-reactive ketones (excluding diaryl/α,β-unsaturated/α-hetero) is 1. The number of hydrogen-bond acceptors (Lipinski definition) is 5. The fourth-order valence-electron chi connectivity index (χ4n) is 3.55. The third-order valence-electron chi connectivity index (χ3n) is 4.89. The number of carbonyl (C=O) groups is 1. The molecule has 136 valence electrons. The minimum Gasteiger partial charge on any atom is -0.382 e. The molecule has 0 spiro atoms. The maximum absolute atomic E-state index is 12.4. The van der Waals surface area contributed by atoms with Gasteiger partial charge < -0.3 is 10.3 Å². The predicted octanol–water partition coefficient (Wildman–Crippen LogP) is 3.90. The van der Waals surface area contributed by atoms with E-state index in [4.69, 9.17) is 5.73 Å². The molecular weight excluding hydrogens is 326 g/mol. The van der Waals surface area contributed by atoms with E-state index >= 15 is 0 Å². The van der Waals surface area contributed by atoms with Crippen LogP contribution in [-0.2, 0) is 4.79 Å². The van der Waals surface area contributed by atoms with E-state index < -0.39 is 0 Å². The van der Waals surface area contributed by atoms with Crippen LogP contribution in [0.4, 0.5) is 5.82 Å². The molecule has 0 fully saturated rings. The number of nitrogen functional groups attached to an aromatic ring is 1. The van der Waals surface area contributed by atoms with Crippen LogP contribution in [0.3, 0.4) is 0 Å². The quantitative estimate of drug-likeness (QED) is 0.665. The molecule has 0 saturated heterocycles. The van der Waals surface area contributed by atoms with E-state index in [1.807, 2.05) is 10.6 Å². The van der Waals surface area contributed by atoms with Crippen LogP contribution in [0.15, 0.2) is 43.0 Å². The highest BCUT2D eigenvalue weighted by Crippen LogP contribution is 2.30. The Balaban J connectivity index is 1.84. The smallest absolute Gasteiger partial charge is 0.166 e. The lowest BCUT2D eigenvalue weighted by Gasteiger charge is -2.21. The first kappa shape index (κ1) is 18.0. The first-order valence-electron chi connectivity index (χ1n) is 9.10. The summed E-state index contributed by atoms with van der Waals surface area (Å²) < 4.78 is 1.84. The lowest BCUT2D eigenvalue weighted by Crippen LogP contribution is -2.18. The van der Waals surface area contributed by atoms with Crippen LogP contribution >= 0.6 is 0 Å². The zero-order valence-electron chi connectivity index (χ0n) is 15.3. The Bertz CT molecular complexity index is 874. The summed E-state index contributed by atoms with van der Waals surface area (Å²) >= 11 is 0. The second-order valence-corrected chi connectivity index (χ2v) is 6.68. The van der Waals surface area contributed by atoms with Crippen molar-refractivity contribution in [2.45, 2.75) is 51.5 Å². The Kier molecular flexibility index (Phi) is 5.61. The first-order valence-corrected chi connectivity index (χ1v) is 9.10. The average molecular weight is 351 g/mol. The number of ketones is 1. The molecule has 0 radical (unpaired) electrons. The predicted molar refractivity (Wildman–Crippen MR) is 103 cm³/mol. The second kappa shape index (κ2) is 8.08. The van der Waals surface area contributed by atoms with Gasteiger partial charge in [-0.15, -0.1) is 0 Å². The number of nitrogens with zero attached hydrogens (tertiary/aromatic N) is 4. The molecule has 0 bridgehead atoms. The Hall–Kier alpha value is -2.76. The zero-order chi connectivity index (χ0) is 18.5. The molecule has 0 aliphatic heterocycles. The lowest BCUT2D eigenvalue weighted by atomic mass is 9.88. The Morgan fingerprint density at radius 2 is 1.88 bits per heavy atom.